The molecule has 1 aromatic carbocycles. The molecule has 30 heavy (non-hydrogen) atoms. The number of nitrogens with one attached hydrogen (secondary N) is 2. The average molecular weight is 527 g/mol. The summed E-state index contributed by atoms with van der Waals surface area (Å²) in [6.45, 7) is 7.02. The van der Waals surface area contributed by atoms with Crippen molar-refractivity contribution < 1.29 is 9.13 Å². The smallest absolute Gasteiger partial charge is 0.191 e. The second-order valence-corrected chi connectivity index (χ2v) is 7.20. The fourth-order valence-corrected chi connectivity index (χ4v) is 3.51. The number of aliphatic imine (C=N–C) groups is 1. The Morgan fingerprint density at radius 3 is 2.93 bits per heavy atom. The molecule has 0 spiro atoms. The first-order valence-corrected chi connectivity index (χ1v) is 10.1. The maximum atomic E-state index is 14.0. The lowest BCUT2D eigenvalue weighted by molar-refractivity contribution is 0.411. The third-order valence-corrected chi connectivity index (χ3v) is 5.05. The number of guanidine groups is 1. The molecule has 1 fully saturated rings. The third kappa shape index (κ3) is 6.45. The highest BCUT2D eigenvalue weighted by Gasteiger charge is 2.25. The molecule has 0 saturated carbocycles. The van der Waals surface area contributed by atoms with E-state index < -0.39 is 0 Å². The maximum Gasteiger partial charge on any atom is 0.191 e. The highest BCUT2D eigenvalue weighted by atomic mass is 127. The van der Waals surface area contributed by atoms with Gasteiger partial charge in [-0.25, -0.2) is 9.37 Å². The van der Waals surface area contributed by atoms with Crippen molar-refractivity contribution in [1.29, 1.82) is 0 Å². The van der Waals surface area contributed by atoms with E-state index in [0.29, 0.717) is 18.9 Å². The Hall–Kier alpha value is -2.10. The number of hydrogen-bond acceptors (Lipinski definition) is 4. The van der Waals surface area contributed by atoms with Gasteiger partial charge in [-0.3, -0.25) is 4.99 Å². The molecule has 1 saturated heterocycles. The normalized spacial score (nSPS) is 16.2. The van der Waals surface area contributed by atoms with E-state index in [1.54, 1.807) is 19.4 Å². The van der Waals surface area contributed by atoms with Crippen LogP contribution in [0.15, 0.2) is 41.5 Å². The number of anilines is 1. The van der Waals surface area contributed by atoms with Gasteiger partial charge < -0.3 is 20.3 Å². The van der Waals surface area contributed by atoms with Crippen molar-refractivity contribution >= 4 is 35.8 Å². The minimum atomic E-state index is -0.276. The number of rotatable bonds is 7. The topological polar surface area (TPSA) is 61.8 Å². The standard InChI is InChI=1S/C22H30FN5O.HI/c1-4-24-22(26-12-9-17-8-7-16(2)20(14-17)29-3)27-18-10-13-28(15-18)21-19(23)6-5-11-25-21;/h5-8,11,14,18H,4,9-10,12-13,15H2,1-3H3,(H2,24,26,27);1H. The van der Waals surface area contributed by atoms with Gasteiger partial charge in [0.1, 0.15) is 5.75 Å². The summed E-state index contributed by atoms with van der Waals surface area (Å²) >= 11 is 0. The van der Waals surface area contributed by atoms with E-state index in [-0.39, 0.29) is 35.8 Å². The van der Waals surface area contributed by atoms with Crippen LogP contribution in [-0.2, 0) is 6.42 Å². The number of pyridine rings is 1. The molecule has 1 aliphatic rings. The van der Waals surface area contributed by atoms with Crippen LogP contribution in [0, 0.1) is 12.7 Å². The van der Waals surface area contributed by atoms with Gasteiger partial charge in [0.2, 0.25) is 0 Å². The number of nitrogens with zero attached hydrogens (tertiary/aromatic N) is 3. The number of aryl methyl sites for hydroxylation is 1. The Labute approximate surface area is 195 Å². The summed E-state index contributed by atoms with van der Waals surface area (Å²) < 4.78 is 19.4. The van der Waals surface area contributed by atoms with Gasteiger partial charge in [0.15, 0.2) is 17.6 Å². The third-order valence-electron chi connectivity index (χ3n) is 5.05. The lowest BCUT2D eigenvalue weighted by Gasteiger charge is -2.20. The number of halogens is 2. The van der Waals surface area contributed by atoms with E-state index >= 15 is 0 Å². The van der Waals surface area contributed by atoms with Crippen LogP contribution in [0.1, 0.15) is 24.5 Å². The van der Waals surface area contributed by atoms with E-state index in [2.05, 4.69) is 33.8 Å². The zero-order valence-electron chi connectivity index (χ0n) is 17.8. The molecule has 1 atom stereocenters. The zero-order chi connectivity index (χ0) is 20.6. The molecule has 1 aliphatic heterocycles. The number of benzene rings is 1. The van der Waals surface area contributed by atoms with Gasteiger partial charge in [0, 0.05) is 38.4 Å². The van der Waals surface area contributed by atoms with Gasteiger partial charge in [-0.15, -0.1) is 24.0 Å². The number of hydrogen-bond donors (Lipinski definition) is 2. The molecular weight excluding hydrogens is 496 g/mol. The van der Waals surface area contributed by atoms with Crippen LogP contribution in [0.25, 0.3) is 0 Å². The summed E-state index contributed by atoms with van der Waals surface area (Å²) in [5.74, 6) is 1.85. The molecule has 0 amide bonds. The Morgan fingerprint density at radius 2 is 2.20 bits per heavy atom. The molecule has 164 valence electrons. The van der Waals surface area contributed by atoms with Crippen molar-refractivity contribution in [2.24, 2.45) is 4.99 Å². The van der Waals surface area contributed by atoms with E-state index in [9.17, 15) is 4.39 Å². The largest absolute Gasteiger partial charge is 0.496 e. The van der Waals surface area contributed by atoms with Crippen LogP contribution in [-0.4, -0.2) is 50.3 Å². The molecule has 0 radical (unpaired) electrons. The summed E-state index contributed by atoms with van der Waals surface area (Å²) in [5, 5.41) is 6.78. The second kappa shape index (κ2) is 11.9. The minimum absolute atomic E-state index is 0. The van der Waals surface area contributed by atoms with Crippen LogP contribution in [0.4, 0.5) is 10.2 Å². The SMILES string of the molecule is CCNC(=NCCc1ccc(C)c(OC)c1)NC1CCN(c2ncccc2F)C1.I. The molecule has 0 aliphatic carbocycles. The highest BCUT2D eigenvalue weighted by molar-refractivity contribution is 14.0. The van der Waals surface area contributed by atoms with Crippen molar-refractivity contribution in [3.8, 4) is 5.75 Å². The monoisotopic (exact) mass is 527 g/mol. The minimum Gasteiger partial charge on any atom is -0.496 e. The zero-order valence-corrected chi connectivity index (χ0v) is 20.2. The van der Waals surface area contributed by atoms with Crippen molar-refractivity contribution in [3.63, 3.8) is 0 Å². The van der Waals surface area contributed by atoms with Crippen LogP contribution in [0.5, 0.6) is 5.75 Å². The highest BCUT2D eigenvalue weighted by Crippen LogP contribution is 2.21. The quantitative estimate of drug-likeness (QED) is 0.328. The lowest BCUT2D eigenvalue weighted by atomic mass is 10.1. The Bertz CT molecular complexity index is 848. The van der Waals surface area contributed by atoms with Crippen LogP contribution >= 0.6 is 24.0 Å². The van der Waals surface area contributed by atoms with E-state index in [1.807, 2.05) is 18.7 Å². The number of ether oxygens (including phenoxy) is 1. The van der Waals surface area contributed by atoms with Crippen molar-refractivity contribution in [2.75, 3.05) is 38.2 Å². The van der Waals surface area contributed by atoms with Crippen molar-refractivity contribution in [3.05, 3.63) is 53.5 Å². The number of methoxy groups -OCH3 is 1. The molecular formula is C22H31FIN5O. The fraction of sp³-hybridized carbons (Fsp3) is 0.455. The van der Waals surface area contributed by atoms with Gasteiger partial charge >= 0.3 is 0 Å². The Kier molecular flexibility index (Phi) is 9.61. The summed E-state index contributed by atoms with van der Waals surface area (Å²) in [7, 11) is 1.69. The van der Waals surface area contributed by atoms with Crippen LogP contribution < -0.4 is 20.3 Å². The van der Waals surface area contributed by atoms with E-state index in [0.717, 1.165) is 43.2 Å². The molecule has 0 bridgehead atoms. The average Bonchev–Trinajstić information content (AvgIpc) is 3.18. The van der Waals surface area contributed by atoms with Crippen molar-refractivity contribution in [2.45, 2.75) is 32.7 Å². The fourth-order valence-electron chi connectivity index (χ4n) is 3.51. The first-order valence-electron chi connectivity index (χ1n) is 10.1. The van der Waals surface area contributed by atoms with Gasteiger partial charge in [0.25, 0.3) is 0 Å². The van der Waals surface area contributed by atoms with Gasteiger partial charge in [-0.1, -0.05) is 12.1 Å². The van der Waals surface area contributed by atoms with E-state index in [4.69, 9.17) is 9.73 Å². The first-order chi connectivity index (χ1) is 14.1. The predicted octanol–water partition coefficient (Wildman–Crippen LogP) is 3.53. The molecule has 8 heteroatoms. The molecule has 2 heterocycles. The first kappa shape index (κ1) is 24.2. The predicted molar refractivity (Wildman–Crippen MR) is 131 cm³/mol. The van der Waals surface area contributed by atoms with Crippen molar-refractivity contribution in [1.82, 2.24) is 15.6 Å². The lowest BCUT2D eigenvalue weighted by Crippen LogP contribution is -2.44. The van der Waals surface area contributed by atoms with E-state index in [1.165, 1.54) is 11.6 Å². The van der Waals surface area contributed by atoms with Gasteiger partial charge in [-0.2, -0.15) is 0 Å². The Balaban J connectivity index is 0.00000320. The van der Waals surface area contributed by atoms with Crippen LogP contribution in [0.3, 0.4) is 0 Å². The molecule has 1 aromatic heterocycles. The van der Waals surface area contributed by atoms with Crippen LogP contribution in [0.2, 0.25) is 0 Å². The van der Waals surface area contributed by atoms with Gasteiger partial charge in [0.05, 0.1) is 7.11 Å². The molecule has 2 aromatic rings. The molecule has 2 N–H and O–H groups in total. The summed E-state index contributed by atoms with van der Waals surface area (Å²) in [6, 6.07) is 9.53. The summed E-state index contributed by atoms with van der Waals surface area (Å²) in [6.07, 6.45) is 3.38. The maximum absolute atomic E-state index is 14.0. The molecule has 3 rings (SSSR count). The summed E-state index contributed by atoms with van der Waals surface area (Å²) in [5.41, 5.74) is 2.33. The molecule has 6 nitrogen and oxygen atoms in total. The van der Waals surface area contributed by atoms with Gasteiger partial charge in [-0.05, 0) is 56.0 Å². The second-order valence-electron chi connectivity index (χ2n) is 7.20. The number of aromatic nitrogens is 1. The molecule has 1 unspecified atom stereocenters. The Morgan fingerprint density at radius 1 is 1.37 bits per heavy atom. The summed E-state index contributed by atoms with van der Waals surface area (Å²) in [4.78, 5) is 10.9.